The summed E-state index contributed by atoms with van der Waals surface area (Å²) in [4.78, 5) is 16.8. The molecule has 0 aliphatic heterocycles. The quantitative estimate of drug-likeness (QED) is 0.291. The molecule has 0 amide bonds. The van der Waals surface area contributed by atoms with E-state index in [2.05, 4.69) is 27.9 Å². The van der Waals surface area contributed by atoms with Crippen molar-refractivity contribution in [2.45, 2.75) is 0 Å². The molecule has 0 heterocycles. The van der Waals surface area contributed by atoms with E-state index in [0.29, 0.717) is 6.54 Å². The van der Waals surface area contributed by atoms with Gasteiger partial charge in [0.2, 0.25) is 0 Å². The first-order valence-corrected chi connectivity index (χ1v) is 6.20. The van der Waals surface area contributed by atoms with E-state index in [4.69, 9.17) is 9.79 Å². The molecule has 10 heavy (non-hydrogen) atoms. The summed E-state index contributed by atoms with van der Waals surface area (Å²) in [6.45, 7) is 1.20. The van der Waals surface area contributed by atoms with Gasteiger partial charge in [-0.05, 0) is 0 Å². The zero-order chi connectivity index (χ0) is 8.04. The van der Waals surface area contributed by atoms with Crippen LogP contribution in [0.15, 0.2) is 0 Å². The Morgan fingerprint density at radius 3 is 2.40 bits per heavy atom. The van der Waals surface area contributed by atoms with Crippen molar-refractivity contribution in [2.24, 2.45) is 0 Å². The molecule has 0 aliphatic carbocycles. The first-order chi connectivity index (χ1) is 4.56. The van der Waals surface area contributed by atoms with Gasteiger partial charge < -0.3 is 15.1 Å². The van der Waals surface area contributed by atoms with E-state index >= 15 is 0 Å². The van der Waals surface area contributed by atoms with Crippen LogP contribution in [0.4, 0.5) is 0 Å². The molecule has 0 saturated carbocycles. The maximum atomic E-state index is 10.2. The van der Waals surface area contributed by atoms with Crippen LogP contribution in [0.5, 0.6) is 0 Å². The molecule has 62 valence electrons. The largest absolute Gasteiger partial charge is 0.326 e. The fourth-order valence-electron chi connectivity index (χ4n) is 0.417. The van der Waals surface area contributed by atoms with Gasteiger partial charge in [0.25, 0.3) is 0 Å². The molecule has 6 heteroatoms. The van der Waals surface area contributed by atoms with E-state index in [9.17, 15) is 4.57 Å². The van der Waals surface area contributed by atoms with Crippen molar-refractivity contribution >= 4 is 30.2 Å². The van der Waals surface area contributed by atoms with Crippen LogP contribution in [0.3, 0.4) is 0 Å². The van der Waals surface area contributed by atoms with Gasteiger partial charge in [0, 0.05) is 17.5 Å². The fraction of sp³-hybridized carbons (Fsp3) is 1.00. The van der Waals surface area contributed by atoms with Gasteiger partial charge in [0.15, 0.2) is 0 Å². The second-order valence-electron chi connectivity index (χ2n) is 1.83. The molecule has 0 atom stereocenters. The van der Waals surface area contributed by atoms with Crippen LogP contribution in [-0.4, -0.2) is 33.5 Å². The first kappa shape index (κ1) is 10.8. The van der Waals surface area contributed by atoms with E-state index in [1.165, 1.54) is 0 Å². The normalized spacial score (nSPS) is 11.9. The number of hydrogen-bond donors (Lipinski definition) is 3. The van der Waals surface area contributed by atoms with E-state index in [-0.39, 0.29) is 6.16 Å². The van der Waals surface area contributed by atoms with Crippen molar-refractivity contribution in [3.8, 4) is 0 Å². The van der Waals surface area contributed by atoms with Crippen LogP contribution < -0.4 is 5.32 Å². The maximum absolute atomic E-state index is 10.2. The predicted molar refractivity (Wildman–Crippen MR) is 48.7 cm³/mol. The Balaban J connectivity index is 3.13. The van der Waals surface area contributed by atoms with Crippen molar-refractivity contribution in [3.05, 3.63) is 0 Å². The highest BCUT2D eigenvalue weighted by Gasteiger charge is 2.10. The van der Waals surface area contributed by atoms with Crippen molar-refractivity contribution in [3.63, 3.8) is 0 Å². The Morgan fingerprint density at radius 1 is 1.40 bits per heavy atom. The SMILES string of the molecule is O=P(O)(O)CCNCCI. The third-order valence-electron chi connectivity index (χ3n) is 0.851. The number of rotatable bonds is 5. The summed E-state index contributed by atoms with van der Waals surface area (Å²) in [5.74, 6) is 0. The Kier molecular flexibility index (Phi) is 5.95. The highest BCUT2D eigenvalue weighted by molar-refractivity contribution is 14.1. The Bertz CT molecular complexity index is 126. The number of hydrogen-bond acceptors (Lipinski definition) is 2. The van der Waals surface area contributed by atoms with Crippen molar-refractivity contribution in [2.75, 3.05) is 23.7 Å². The van der Waals surface area contributed by atoms with Gasteiger partial charge in [-0.15, -0.1) is 0 Å². The van der Waals surface area contributed by atoms with Gasteiger partial charge in [-0.1, -0.05) is 22.6 Å². The first-order valence-electron chi connectivity index (χ1n) is 2.87. The summed E-state index contributed by atoms with van der Waals surface area (Å²) in [5.41, 5.74) is 0. The highest BCUT2D eigenvalue weighted by atomic mass is 127. The van der Waals surface area contributed by atoms with Crippen LogP contribution in [0.1, 0.15) is 0 Å². The lowest BCUT2D eigenvalue weighted by Gasteiger charge is -2.03. The summed E-state index contributed by atoms with van der Waals surface area (Å²) in [6.07, 6.45) is -0.0658. The van der Waals surface area contributed by atoms with Crippen molar-refractivity contribution in [1.29, 1.82) is 0 Å². The molecule has 0 bridgehead atoms. The predicted octanol–water partition coefficient (Wildman–Crippen LogP) is 0.189. The van der Waals surface area contributed by atoms with Crippen LogP contribution >= 0.6 is 30.2 Å². The Morgan fingerprint density at radius 2 is 2.00 bits per heavy atom. The Hall–Kier alpha value is 0.840. The molecule has 0 rings (SSSR count). The van der Waals surface area contributed by atoms with E-state index in [1.807, 2.05) is 0 Å². The third-order valence-corrected chi connectivity index (χ3v) is 2.20. The van der Waals surface area contributed by atoms with E-state index < -0.39 is 7.60 Å². The zero-order valence-electron chi connectivity index (χ0n) is 5.46. The van der Waals surface area contributed by atoms with Gasteiger partial charge in [-0.3, -0.25) is 4.57 Å². The molecule has 3 N–H and O–H groups in total. The van der Waals surface area contributed by atoms with Crippen LogP contribution in [-0.2, 0) is 4.57 Å². The second kappa shape index (κ2) is 5.49. The van der Waals surface area contributed by atoms with E-state index in [1.54, 1.807) is 0 Å². The lowest BCUT2D eigenvalue weighted by molar-refractivity contribution is 0.372. The number of nitrogens with one attached hydrogen (secondary N) is 1. The average Bonchev–Trinajstić information content (AvgIpc) is 1.78. The van der Waals surface area contributed by atoms with Crippen LogP contribution in [0.25, 0.3) is 0 Å². The van der Waals surface area contributed by atoms with Crippen LogP contribution in [0, 0.1) is 0 Å². The molecule has 0 fully saturated rings. The standard InChI is InChI=1S/C4H11INO3P/c5-1-2-6-3-4-10(7,8)9/h6H,1-4H2,(H2,7,8,9). The summed E-state index contributed by atoms with van der Waals surface area (Å²) >= 11 is 2.19. The van der Waals surface area contributed by atoms with Gasteiger partial charge in [-0.25, -0.2) is 0 Å². The van der Waals surface area contributed by atoms with Gasteiger partial charge in [0.05, 0.1) is 6.16 Å². The second-order valence-corrected chi connectivity index (χ2v) is 4.68. The summed E-state index contributed by atoms with van der Waals surface area (Å²) in [7, 11) is -3.77. The molecule has 0 aromatic carbocycles. The minimum absolute atomic E-state index is 0.0658. The average molecular weight is 279 g/mol. The molecular weight excluding hydrogens is 268 g/mol. The lowest BCUT2D eigenvalue weighted by atomic mass is 10.7. The molecule has 0 radical (unpaired) electrons. The highest BCUT2D eigenvalue weighted by Crippen LogP contribution is 2.32. The van der Waals surface area contributed by atoms with Crippen molar-refractivity contribution < 1.29 is 14.4 Å². The molecule has 0 saturated heterocycles. The molecule has 4 nitrogen and oxygen atoms in total. The topological polar surface area (TPSA) is 69.6 Å². The molecule has 0 aromatic heterocycles. The smallest absolute Gasteiger partial charge is 0.324 e. The Labute approximate surface area is 73.7 Å². The van der Waals surface area contributed by atoms with Gasteiger partial charge >= 0.3 is 7.60 Å². The molecule has 0 aliphatic rings. The molecular formula is C4H11INO3P. The number of halogens is 1. The van der Waals surface area contributed by atoms with Gasteiger partial charge in [-0.2, -0.15) is 0 Å². The third kappa shape index (κ3) is 8.84. The lowest BCUT2D eigenvalue weighted by Crippen LogP contribution is -2.20. The fourth-order valence-corrected chi connectivity index (χ4v) is 1.25. The van der Waals surface area contributed by atoms with Crippen LogP contribution in [0.2, 0.25) is 0 Å². The zero-order valence-corrected chi connectivity index (χ0v) is 8.51. The van der Waals surface area contributed by atoms with Crippen molar-refractivity contribution in [1.82, 2.24) is 5.32 Å². The van der Waals surface area contributed by atoms with Gasteiger partial charge in [0.1, 0.15) is 0 Å². The summed E-state index contributed by atoms with van der Waals surface area (Å²) < 4.78 is 11.2. The minimum atomic E-state index is -3.77. The summed E-state index contributed by atoms with van der Waals surface area (Å²) in [6, 6.07) is 0. The maximum Gasteiger partial charge on any atom is 0.326 e. The minimum Gasteiger partial charge on any atom is -0.324 e. The summed E-state index contributed by atoms with van der Waals surface area (Å²) in [5, 5.41) is 2.89. The molecule has 0 aromatic rings. The monoisotopic (exact) mass is 279 g/mol. The van der Waals surface area contributed by atoms with E-state index in [0.717, 1.165) is 11.0 Å². The molecule has 0 spiro atoms. The number of alkyl halides is 1. The molecule has 0 unspecified atom stereocenters.